The minimum Gasteiger partial charge on any atom is -0.502 e. The SMILES string of the molecule is Cc1ccc(C(=O)N[C@H](C)c2nnc(SCC(=O)Nc3ccc(O)c([N+](=O)[O-])c3)n2C)cc1. The highest BCUT2D eigenvalue weighted by molar-refractivity contribution is 7.99. The van der Waals surface area contributed by atoms with Crippen LogP contribution in [0.2, 0.25) is 0 Å². The molecule has 0 radical (unpaired) electrons. The van der Waals surface area contributed by atoms with Gasteiger partial charge in [0.2, 0.25) is 5.91 Å². The van der Waals surface area contributed by atoms with Gasteiger partial charge in [-0.05, 0) is 38.1 Å². The number of benzene rings is 2. The molecule has 0 saturated carbocycles. The number of nitrogens with zero attached hydrogens (tertiary/aromatic N) is 4. The van der Waals surface area contributed by atoms with Crippen LogP contribution in [0.25, 0.3) is 0 Å². The summed E-state index contributed by atoms with van der Waals surface area (Å²) in [6.45, 7) is 3.73. The third-order valence-corrected chi connectivity index (χ3v) is 5.73. The second-order valence-electron chi connectivity index (χ2n) is 7.26. The van der Waals surface area contributed by atoms with Gasteiger partial charge in [0, 0.05) is 24.4 Å². The van der Waals surface area contributed by atoms with Gasteiger partial charge in [-0.2, -0.15) is 0 Å². The summed E-state index contributed by atoms with van der Waals surface area (Å²) < 4.78 is 1.68. The molecule has 33 heavy (non-hydrogen) atoms. The summed E-state index contributed by atoms with van der Waals surface area (Å²) in [4.78, 5) is 34.9. The molecule has 0 bridgehead atoms. The number of aromatic nitrogens is 3. The molecular formula is C21H22N6O5S. The Balaban J connectivity index is 1.58. The van der Waals surface area contributed by atoms with Gasteiger partial charge in [-0.15, -0.1) is 10.2 Å². The third kappa shape index (κ3) is 5.86. The van der Waals surface area contributed by atoms with Crippen molar-refractivity contribution in [2.75, 3.05) is 11.1 Å². The van der Waals surface area contributed by atoms with Crippen molar-refractivity contribution in [2.24, 2.45) is 7.05 Å². The van der Waals surface area contributed by atoms with E-state index in [-0.39, 0.29) is 17.3 Å². The highest BCUT2D eigenvalue weighted by atomic mass is 32.2. The number of anilines is 1. The fourth-order valence-electron chi connectivity index (χ4n) is 2.95. The number of aromatic hydroxyl groups is 1. The molecule has 1 atom stereocenters. The van der Waals surface area contributed by atoms with Crippen molar-refractivity contribution in [1.82, 2.24) is 20.1 Å². The van der Waals surface area contributed by atoms with Crippen LogP contribution in [0.3, 0.4) is 0 Å². The molecule has 0 spiro atoms. The maximum Gasteiger partial charge on any atom is 0.312 e. The van der Waals surface area contributed by atoms with Crippen molar-refractivity contribution in [3.8, 4) is 5.75 Å². The van der Waals surface area contributed by atoms with Crippen LogP contribution in [-0.4, -0.2) is 42.4 Å². The molecule has 1 heterocycles. The predicted molar refractivity (Wildman–Crippen MR) is 122 cm³/mol. The molecule has 172 valence electrons. The number of nitro benzene ring substituents is 1. The Morgan fingerprint density at radius 2 is 1.91 bits per heavy atom. The zero-order chi connectivity index (χ0) is 24.1. The number of aryl methyl sites for hydroxylation is 1. The van der Waals surface area contributed by atoms with Gasteiger partial charge in [0.15, 0.2) is 16.7 Å². The molecule has 0 aliphatic carbocycles. The number of carbonyl (C=O) groups is 2. The van der Waals surface area contributed by atoms with Gasteiger partial charge >= 0.3 is 5.69 Å². The first-order chi connectivity index (χ1) is 15.7. The van der Waals surface area contributed by atoms with Gasteiger partial charge in [0.25, 0.3) is 5.91 Å². The van der Waals surface area contributed by atoms with Crippen LogP contribution in [-0.2, 0) is 11.8 Å². The molecule has 0 unspecified atom stereocenters. The van der Waals surface area contributed by atoms with Crippen LogP contribution in [0.1, 0.15) is 34.7 Å². The third-order valence-electron chi connectivity index (χ3n) is 4.71. The van der Waals surface area contributed by atoms with Gasteiger partial charge in [0.05, 0.1) is 16.7 Å². The fourth-order valence-corrected chi connectivity index (χ4v) is 3.67. The second-order valence-corrected chi connectivity index (χ2v) is 8.20. The van der Waals surface area contributed by atoms with Crippen molar-refractivity contribution in [1.29, 1.82) is 0 Å². The Hall–Kier alpha value is -3.93. The summed E-state index contributed by atoms with van der Waals surface area (Å²) in [7, 11) is 1.73. The van der Waals surface area contributed by atoms with Crippen molar-refractivity contribution in [3.05, 3.63) is 69.5 Å². The standard InChI is InChI=1S/C21H22N6O5S/c1-12-4-6-14(7-5-12)20(30)22-13(2)19-24-25-21(26(19)3)33-11-18(29)23-15-8-9-17(28)16(10-15)27(31)32/h4-10,13,28H,11H2,1-3H3,(H,22,30)(H,23,29)/t13-/m1/s1. The largest absolute Gasteiger partial charge is 0.502 e. The smallest absolute Gasteiger partial charge is 0.312 e. The average Bonchev–Trinajstić information content (AvgIpc) is 3.14. The first kappa shape index (κ1) is 23.7. The van der Waals surface area contributed by atoms with Gasteiger partial charge in [-0.25, -0.2) is 0 Å². The van der Waals surface area contributed by atoms with Crippen LogP contribution in [0.5, 0.6) is 5.75 Å². The number of amides is 2. The summed E-state index contributed by atoms with van der Waals surface area (Å²) in [5.41, 5.74) is 1.29. The van der Waals surface area contributed by atoms with Crippen LogP contribution < -0.4 is 10.6 Å². The Bertz CT molecular complexity index is 1190. The van der Waals surface area contributed by atoms with E-state index in [0.29, 0.717) is 16.5 Å². The summed E-state index contributed by atoms with van der Waals surface area (Å²) in [5, 5.41) is 34.5. The summed E-state index contributed by atoms with van der Waals surface area (Å²) in [5.74, 6) is -0.632. The number of hydrogen-bond acceptors (Lipinski definition) is 8. The Kier molecular flexibility index (Phi) is 7.28. The fraction of sp³-hybridized carbons (Fsp3) is 0.238. The Labute approximate surface area is 193 Å². The first-order valence-electron chi connectivity index (χ1n) is 9.82. The first-order valence-corrected chi connectivity index (χ1v) is 10.8. The number of phenols is 1. The van der Waals surface area contributed by atoms with E-state index in [0.717, 1.165) is 29.5 Å². The average molecular weight is 471 g/mol. The zero-order valence-electron chi connectivity index (χ0n) is 18.1. The Morgan fingerprint density at radius 3 is 2.58 bits per heavy atom. The van der Waals surface area contributed by atoms with Crippen molar-refractivity contribution < 1.29 is 19.6 Å². The second kappa shape index (κ2) is 10.1. The topological polar surface area (TPSA) is 152 Å². The molecule has 12 heteroatoms. The van der Waals surface area contributed by atoms with Crippen LogP contribution >= 0.6 is 11.8 Å². The molecular weight excluding hydrogens is 448 g/mol. The van der Waals surface area contributed by atoms with Crippen molar-refractivity contribution in [3.63, 3.8) is 0 Å². The van der Waals surface area contributed by atoms with E-state index < -0.39 is 28.3 Å². The molecule has 3 aromatic rings. The number of carbonyl (C=O) groups excluding carboxylic acids is 2. The number of nitro groups is 1. The number of nitrogens with one attached hydrogen (secondary N) is 2. The molecule has 0 fully saturated rings. The van der Waals surface area contributed by atoms with E-state index in [1.54, 1.807) is 30.7 Å². The number of rotatable bonds is 8. The molecule has 0 aliphatic rings. The number of hydrogen-bond donors (Lipinski definition) is 3. The minimum absolute atomic E-state index is 0.0231. The monoisotopic (exact) mass is 470 g/mol. The molecule has 3 N–H and O–H groups in total. The van der Waals surface area contributed by atoms with E-state index >= 15 is 0 Å². The van der Waals surface area contributed by atoms with Crippen molar-refractivity contribution in [2.45, 2.75) is 25.0 Å². The van der Waals surface area contributed by atoms with Gasteiger partial charge in [-0.1, -0.05) is 29.5 Å². The molecule has 0 saturated heterocycles. The van der Waals surface area contributed by atoms with Crippen LogP contribution in [0.4, 0.5) is 11.4 Å². The zero-order valence-corrected chi connectivity index (χ0v) is 18.9. The van der Waals surface area contributed by atoms with E-state index in [2.05, 4.69) is 20.8 Å². The maximum atomic E-state index is 12.4. The van der Waals surface area contributed by atoms with Crippen LogP contribution in [0, 0.1) is 17.0 Å². The van der Waals surface area contributed by atoms with Gasteiger partial charge < -0.3 is 20.3 Å². The van der Waals surface area contributed by atoms with E-state index in [4.69, 9.17) is 0 Å². The maximum absolute atomic E-state index is 12.4. The lowest BCUT2D eigenvalue weighted by atomic mass is 10.1. The van der Waals surface area contributed by atoms with Gasteiger partial charge in [-0.3, -0.25) is 19.7 Å². The number of thioether (sulfide) groups is 1. The summed E-state index contributed by atoms with van der Waals surface area (Å²) >= 11 is 1.12. The van der Waals surface area contributed by atoms with Crippen molar-refractivity contribution >= 4 is 35.0 Å². The van der Waals surface area contributed by atoms with Gasteiger partial charge in [0.1, 0.15) is 0 Å². The Morgan fingerprint density at radius 1 is 1.21 bits per heavy atom. The summed E-state index contributed by atoms with van der Waals surface area (Å²) in [6, 6.07) is 10.4. The molecule has 2 amide bonds. The molecule has 1 aromatic heterocycles. The lowest BCUT2D eigenvalue weighted by Crippen LogP contribution is -2.28. The van der Waals surface area contributed by atoms with E-state index in [1.807, 2.05) is 19.1 Å². The molecule has 3 rings (SSSR count). The highest BCUT2D eigenvalue weighted by Crippen LogP contribution is 2.28. The van der Waals surface area contributed by atoms with Crippen LogP contribution in [0.15, 0.2) is 47.6 Å². The molecule has 2 aromatic carbocycles. The molecule has 0 aliphatic heterocycles. The highest BCUT2D eigenvalue weighted by Gasteiger charge is 2.19. The predicted octanol–water partition coefficient (Wildman–Crippen LogP) is 2.96. The number of phenolic OH excluding ortho intramolecular Hbond substituents is 1. The minimum atomic E-state index is -0.737. The molecule has 11 nitrogen and oxygen atoms in total. The quantitative estimate of drug-likeness (QED) is 0.197. The lowest BCUT2D eigenvalue weighted by molar-refractivity contribution is -0.385. The lowest BCUT2D eigenvalue weighted by Gasteiger charge is -2.13. The normalized spacial score (nSPS) is 11.6. The van der Waals surface area contributed by atoms with E-state index in [1.165, 1.54) is 6.07 Å². The summed E-state index contributed by atoms with van der Waals surface area (Å²) in [6.07, 6.45) is 0. The van der Waals surface area contributed by atoms with E-state index in [9.17, 15) is 24.8 Å².